The van der Waals surface area contributed by atoms with E-state index in [0.717, 1.165) is 18.8 Å². The number of piperidine rings is 1. The van der Waals surface area contributed by atoms with E-state index in [0.29, 0.717) is 31.1 Å². The van der Waals surface area contributed by atoms with Crippen LogP contribution in [0.4, 0.5) is 13.2 Å². The van der Waals surface area contributed by atoms with Crippen LogP contribution < -0.4 is 5.32 Å². The molecule has 2 unspecified atom stereocenters. The second kappa shape index (κ2) is 7.32. The SMILES string of the molecule is CC(C)C1CCCCC1NC1CCN(CC(F)(F)F)CC1. The zero-order chi connectivity index (χ0) is 15.5. The summed E-state index contributed by atoms with van der Waals surface area (Å²) >= 11 is 0. The second-order valence-corrected chi connectivity index (χ2v) is 7.13. The van der Waals surface area contributed by atoms with Crippen LogP contribution in [0.1, 0.15) is 52.4 Å². The molecule has 5 heteroatoms. The fourth-order valence-electron chi connectivity index (χ4n) is 3.98. The van der Waals surface area contributed by atoms with E-state index < -0.39 is 12.7 Å². The highest BCUT2D eigenvalue weighted by Gasteiger charge is 2.34. The minimum Gasteiger partial charge on any atom is -0.311 e. The Morgan fingerprint density at radius 3 is 2.24 bits per heavy atom. The highest BCUT2D eigenvalue weighted by molar-refractivity contribution is 4.87. The molecule has 2 fully saturated rings. The van der Waals surface area contributed by atoms with Gasteiger partial charge in [0.2, 0.25) is 0 Å². The highest BCUT2D eigenvalue weighted by atomic mass is 19.4. The van der Waals surface area contributed by atoms with Crippen LogP contribution in [0.5, 0.6) is 0 Å². The van der Waals surface area contributed by atoms with Gasteiger partial charge >= 0.3 is 6.18 Å². The van der Waals surface area contributed by atoms with Crippen LogP contribution in [0.25, 0.3) is 0 Å². The highest BCUT2D eigenvalue weighted by Crippen LogP contribution is 2.31. The average Bonchev–Trinajstić information content (AvgIpc) is 2.40. The third-order valence-corrected chi connectivity index (χ3v) is 5.12. The molecule has 2 nitrogen and oxygen atoms in total. The normalized spacial score (nSPS) is 30.0. The molecule has 0 spiro atoms. The van der Waals surface area contributed by atoms with Gasteiger partial charge in [0, 0.05) is 12.1 Å². The standard InChI is InChI=1S/C16H29F3N2/c1-12(2)14-5-3-4-6-15(14)20-13-7-9-21(10-8-13)11-16(17,18)19/h12-15,20H,3-11H2,1-2H3. The van der Waals surface area contributed by atoms with Gasteiger partial charge in [-0.25, -0.2) is 0 Å². The van der Waals surface area contributed by atoms with Crippen molar-refractivity contribution in [2.45, 2.75) is 70.6 Å². The van der Waals surface area contributed by atoms with E-state index in [-0.39, 0.29) is 0 Å². The summed E-state index contributed by atoms with van der Waals surface area (Å²) in [6.07, 6.45) is 2.76. The van der Waals surface area contributed by atoms with Gasteiger partial charge in [0.05, 0.1) is 6.54 Å². The maximum absolute atomic E-state index is 12.4. The predicted octanol–water partition coefficient (Wildman–Crippen LogP) is 3.82. The number of nitrogens with one attached hydrogen (secondary N) is 1. The largest absolute Gasteiger partial charge is 0.401 e. The first kappa shape index (κ1) is 17.1. The molecule has 0 aromatic heterocycles. The van der Waals surface area contributed by atoms with Crippen molar-refractivity contribution >= 4 is 0 Å². The Kier molecular flexibility index (Phi) is 5.95. The molecule has 1 heterocycles. The molecule has 0 aromatic rings. The number of alkyl halides is 3. The summed E-state index contributed by atoms with van der Waals surface area (Å²) in [6, 6.07) is 0.969. The Hall–Kier alpha value is -0.290. The summed E-state index contributed by atoms with van der Waals surface area (Å²) in [6.45, 7) is 4.96. The molecule has 2 aliphatic rings. The number of hydrogen-bond acceptors (Lipinski definition) is 2. The summed E-state index contributed by atoms with van der Waals surface area (Å²) in [5.41, 5.74) is 0. The second-order valence-electron chi connectivity index (χ2n) is 7.13. The van der Waals surface area contributed by atoms with Gasteiger partial charge in [-0.15, -0.1) is 0 Å². The predicted molar refractivity (Wildman–Crippen MR) is 79.2 cm³/mol. The third kappa shape index (κ3) is 5.44. The summed E-state index contributed by atoms with van der Waals surface area (Å²) < 4.78 is 37.2. The van der Waals surface area contributed by atoms with Crippen molar-refractivity contribution < 1.29 is 13.2 Å². The Morgan fingerprint density at radius 1 is 1.05 bits per heavy atom. The fraction of sp³-hybridized carbons (Fsp3) is 1.00. The molecule has 0 radical (unpaired) electrons. The third-order valence-electron chi connectivity index (χ3n) is 5.12. The molecule has 1 saturated carbocycles. The van der Waals surface area contributed by atoms with Gasteiger partial charge in [0.1, 0.15) is 0 Å². The van der Waals surface area contributed by atoms with Crippen LogP contribution >= 0.6 is 0 Å². The molecule has 0 amide bonds. The first-order chi connectivity index (χ1) is 9.85. The van der Waals surface area contributed by atoms with Crippen LogP contribution in [-0.2, 0) is 0 Å². The number of nitrogens with zero attached hydrogens (tertiary/aromatic N) is 1. The molecule has 1 saturated heterocycles. The maximum atomic E-state index is 12.4. The molecule has 0 aromatic carbocycles. The summed E-state index contributed by atoms with van der Waals surface area (Å²) in [5.74, 6) is 1.42. The van der Waals surface area contributed by atoms with Gasteiger partial charge in [-0.2, -0.15) is 13.2 Å². The van der Waals surface area contributed by atoms with E-state index in [1.165, 1.54) is 25.7 Å². The van der Waals surface area contributed by atoms with Crippen molar-refractivity contribution in [3.63, 3.8) is 0 Å². The summed E-state index contributed by atoms with van der Waals surface area (Å²) in [7, 11) is 0. The molecule has 21 heavy (non-hydrogen) atoms. The lowest BCUT2D eigenvalue weighted by molar-refractivity contribution is -0.148. The van der Waals surface area contributed by atoms with Gasteiger partial charge in [-0.3, -0.25) is 4.90 Å². The summed E-state index contributed by atoms with van der Waals surface area (Å²) in [4.78, 5) is 1.54. The molecule has 1 aliphatic carbocycles. The lowest BCUT2D eigenvalue weighted by atomic mass is 9.77. The monoisotopic (exact) mass is 306 g/mol. The molecular weight excluding hydrogens is 277 g/mol. The van der Waals surface area contributed by atoms with Crippen LogP contribution in [0.2, 0.25) is 0 Å². The van der Waals surface area contributed by atoms with E-state index in [2.05, 4.69) is 19.2 Å². The Bertz CT molecular complexity index is 309. The zero-order valence-corrected chi connectivity index (χ0v) is 13.3. The van der Waals surface area contributed by atoms with Crippen molar-refractivity contribution in [2.75, 3.05) is 19.6 Å². The van der Waals surface area contributed by atoms with Crippen molar-refractivity contribution in [1.82, 2.24) is 10.2 Å². The maximum Gasteiger partial charge on any atom is 0.401 e. The minimum absolute atomic E-state index is 0.402. The molecule has 1 aliphatic heterocycles. The van der Waals surface area contributed by atoms with Gasteiger partial charge in [0.25, 0.3) is 0 Å². The van der Waals surface area contributed by atoms with Crippen molar-refractivity contribution in [2.24, 2.45) is 11.8 Å². The van der Waals surface area contributed by atoms with E-state index in [1.54, 1.807) is 4.90 Å². The molecule has 0 bridgehead atoms. The topological polar surface area (TPSA) is 15.3 Å². The fourth-order valence-corrected chi connectivity index (χ4v) is 3.98. The molecular formula is C16H29F3N2. The number of hydrogen-bond donors (Lipinski definition) is 1. The Balaban J connectivity index is 1.77. The quantitative estimate of drug-likeness (QED) is 0.849. The van der Waals surface area contributed by atoms with Crippen LogP contribution in [0.3, 0.4) is 0 Å². The van der Waals surface area contributed by atoms with Gasteiger partial charge in [-0.05, 0) is 50.6 Å². The summed E-state index contributed by atoms with van der Waals surface area (Å²) in [5, 5.41) is 3.76. The van der Waals surface area contributed by atoms with E-state index >= 15 is 0 Å². The van der Waals surface area contributed by atoms with Crippen molar-refractivity contribution in [3.8, 4) is 0 Å². The molecule has 2 rings (SSSR count). The van der Waals surface area contributed by atoms with E-state index in [1.807, 2.05) is 0 Å². The van der Waals surface area contributed by atoms with Crippen LogP contribution in [0, 0.1) is 11.8 Å². The average molecular weight is 306 g/mol. The molecule has 2 atom stereocenters. The van der Waals surface area contributed by atoms with Gasteiger partial charge in [-0.1, -0.05) is 26.7 Å². The lowest BCUT2D eigenvalue weighted by Crippen LogP contribution is -2.51. The van der Waals surface area contributed by atoms with Crippen molar-refractivity contribution in [1.29, 1.82) is 0 Å². The Labute approximate surface area is 126 Å². The zero-order valence-electron chi connectivity index (χ0n) is 13.3. The smallest absolute Gasteiger partial charge is 0.311 e. The number of rotatable bonds is 4. The molecule has 124 valence electrons. The Morgan fingerprint density at radius 2 is 1.67 bits per heavy atom. The molecule has 1 N–H and O–H groups in total. The van der Waals surface area contributed by atoms with Crippen molar-refractivity contribution in [3.05, 3.63) is 0 Å². The van der Waals surface area contributed by atoms with Gasteiger partial charge in [0.15, 0.2) is 0 Å². The van der Waals surface area contributed by atoms with E-state index in [9.17, 15) is 13.2 Å². The number of likely N-dealkylation sites (tertiary alicyclic amines) is 1. The lowest BCUT2D eigenvalue weighted by Gasteiger charge is -2.40. The van der Waals surface area contributed by atoms with E-state index in [4.69, 9.17) is 0 Å². The minimum atomic E-state index is -4.06. The number of halogens is 3. The first-order valence-electron chi connectivity index (χ1n) is 8.40. The van der Waals surface area contributed by atoms with Gasteiger partial charge < -0.3 is 5.32 Å². The van der Waals surface area contributed by atoms with Crippen LogP contribution in [0.15, 0.2) is 0 Å². The first-order valence-corrected chi connectivity index (χ1v) is 8.40. The van der Waals surface area contributed by atoms with Crippen LogP contribution in [-0.4, -0.2) is 42.8 Å².